The zero-order valence-corrected chi connectivity index (χ0v) is 25.8. The van der Waals surface area contributed by atoms with Gasteiger partial charge in [-0.05, 0) is 74.2 Å². The number of carbonyl (C=O) groups is 2. The lowest BCUT2D eigenvalue weighted by Gasteiger charge is -2.36. The van der Waals surface area contributed by atoms with Crippen LogP contribution in [0.5, 0.6) is 0 Å². The molecule has 1 saturated heterocycles. The summed E-state index contributed by atoms with van der Waals surface area (Å²) in [6.45, 7) is 4.38. The van der Waals surface area contributed by atoms with Crippen molar-refractivity contribution in [3.05, 3.63) is 70.8 Å². The van der Waals surface area contributed by atoms with Crippen molar-refractivity contribution in [2.24, 2.45) is 17.6 Å². The van der Waals surface area contributed by atoms with Gasteiger partial charge in [0.1, 0.15) is 6.04 Å². The number of rotatable bonds is 8. The summed E-state index contributed by atoms with van der Waals surface area (Å²) in [4.78, 5) is 50.5. The molecule has 4 atom stereocenters. The van der Waals surface area contributed by atoms with E-state index in [-0.39, 0.29) is 29.6 Å². The van der Waals surface area contributed by atoms with Crippen molar-refractivity contribution in [2.45, 2.75) is 63.5 Å². The summed E-state index contributed by atoms with van der Waals surface area (Å²) in [5.41, 5.74) is 9.58. The lowest BCUT2D eigenvalue weighted by Crippen LogP contribution is -2.55. The van der Waals surface area contributed by atoms with Gasteiger partial charge in [-0.1, -0.05) is 43.7 Å². The Kier molecular flexibility index (Phi) is 8.79. The highest BCUT2D eigenvalue weighted by Crippen LogP contribution is 2.32. The van der Waals surface area contributed by atoms with E-state index in [1.54, 1.807) is 4.90 Å². The molecular formula is C34H45N7O3. The van der Waals surface area contributed by atoms with Crippen LogP contribution in [0, 0.1) is 11.8 Å². The minimum absolute atomic E-state index is 0.00393. The molecule has 6 rings (SSSR count). The summed E-state index contributed by atoms with van der Waals surface area (Å²) >= 11 is 0. The van der Waals surface area contributed by atoms with Gasteiger partial charge in [0.2, 0.25) is 5.91 Å². The molecule has 5 N–H and O–H groups in total. The van der Waals surface area contributed by atoms with Crippen LogP contribution in [0.2, 0.25) is 0 Å². The van der Waals surface area contributed by atoms with Crippen LogP contribution in [0.1, 0.15) is 63.0 Å². The quantitative estimate of drug-likeness (QED) is 0.237. The van der Waals surface area contributed by atoms with Crippen LogP contribution < -0.4 is 16.7 Å². The number of hydrogen-bond donors (Lipinski definition) is 4. The van der Waals surface area contributed by atoms with Gasteiger partial charge in [-0.25, -0.2) is 9.59 Å². The van der Waals surface area contributed by atoms with Gasteiger partial charge >= 0.3 is 11.7 Å². The molecule has 0 radical (unpaired) electrons. The number of aromatic nitrogens is 3. The molecule has 1 aliphatic carbocycles. The van der Waals surface area contributed by atoms with Gasteiger partial charge in [-0.15, -0.1) is 0 Å². The van der Waals surface area contributed by atoms with Gasteiger partial charge in [0.15, 0.2) is 0 Å². The molecule has 0 unspecified atom stereocenters. The largest absolute Gasteiger partial charge is 0.361 e. The molecule has 44 heavy (non-hydrogen) atoms. The Labute approximate surface area is 258 Å². The number of aromatic amines is 2. The monoisotopic (exact) mass is 599 g/mol. The van der Waals surface area contributed by atoms with Crippen LogP contribution >= 0.6 is 0 Å². The van der Waals surface area contributed by atoms with Crippen molar-refractivity contribution in [3.8, 4) is 0 Å². The molecule has 10 nitrogen and oxygen atoms in total. The number of nitrogens with one attached hydrogen (secondary N) is 3. The number of likely N-dealkylation sites (N-methyl/N-ethyl adjacent to an activating group) is 1. The van der Waals surface area contributed by atoms with Crippen LogP contribution in [0.4, 0.5) is 4.79 Å². The highest BCUT2D eigenvalue weighted by Gasteiger charge is 2.35. The highest BCUT2D eigenvalue weighted by molar-refractivity contribution is 5.90. The standard InChI is InChI=1S/C34H45N7O3/c1-22(27-20-36-28-11-4-3-10-26(27)28)31(32(42)39(2)21-24-9-7-8-23(18-24)19-35)38-33(43)40-16-14-25(15-17-40)41-30-13-6-5-12-29(30)37-34(41)44/h3-6,10-13,20,22-25,31,36H,7-9,14-19,21,35H2,1-2H3,(H,37,44)(H,38,43)/t22-,23+,24-,31-/m1/s1. The normalized spacial score (nSPS) is 20.9. The van der Waals surface area contributed by atoms with E-state index in [9.17, 15) is 14.4 Å². The Morgan fingerprint density at radius 3 is 2.50 bits per heavy atom. The molecule has 10 heteroatoms. The third kappa shape index (κ3) is 6.00. The first kappa shape index (κ1) is 30.0. The molecule has 2 aliphatic rings. The van der Waals surface area contributed by atoms with Gasteiger partial charge in [0.25, 0.3) is 0 Å². The fourth-order valence-corrected chi connectivity index (χ4v) is 7.54. The molecule has 2 aromatic heterocycles. The molecule has 1 saturated carbocycles. The maximum Gasteiger partial charge on any atom is 0.326 e. The lowest BCUT2D eigenvalue weighted by molar-refractivity contribution is -0.133. The van der Waals surface area contributed by atoms with Gasteiger partial charge in [-0.3, -0.25) is 9.36 Å². The summed E-state index contributed by atoms with van der Waals surface area (Å²) in [5, 5.41) is 4.21. The van der Waals surface area contributed by atoms with Gasteiger partial charge in [0.05, 0.1) is 11.0 Å². The van der Waals surface area contributed by atoms with Gasteiger partial charge in [0, 0.05) is 55.7 Å². The molecule has 1 aliphatic heterocycles. The van der Waals surface area contributed by atoms with Crippen molar-refractivity contribution in [3.63, 3.8) is 0 Å². The van der Waals surface area contributed by atoms with E-state index in [2.05, 4.69) is 21.4 Å². The number of imidazole rings is 1. The SMILES string of the molecule is C[C@H](c1c[nH]c2ccccc12)[C@@H](NC(=O)N1CCC(n2c(=O)[nH]c3ccccc32)CC1)C(=O)N(C)C[C@@H]1CCC[C@H](CN)C1. The van der Waals surface area contributed by atoms with Gasteiger partial charge in [-0.2, -0.15) is 0 Å². The van der Waals surface area contributed by atoms with Crippen LogP contribution in [0.3, 0.4) is 0 Å². The van der Waals surface area contributed by atoms with E-state index < -0.39 is 6.04 Å². The smallest absolute Gasteiger partial charge is 0.326 e. The molecular weight excluding hydrogens is 554 g/mol. The third-order valence-electron chi connectivity index (χ3n) is 10.0. The van der Waals surface area contributed by atoms with Crippen LogP contribution in [0.15, 0.2) is 59.5 Å². The predicted molar refractivity (Wildman–Crippen MR) is 174 cm³/mol. The second-order valence-electron chi connectivity index (χ2n) is 12.9. The van der Waals surface area contributed by atoms with E-state index >= 15 is 0 Å². The first-order valence-electron chi connectivity index (χ1n) is 16.1. The zero-order chi connectivity index (χ0) is 30.8. The second-order valence-corrected chi connectivity index (χ2v) is 12.9. The van der Waals surface area contributed by atoms with E-state index in [1.165, 1.54) is 0 Å². The lowest BCUT2D eigenvalue weighted by atomic mass is 9.81. The van der Waals surface area contributed by atoms with Gasteiger partial charge < -0.3 is 30.8 Å². The molecule has 0 bridgehead atoms. The van der Waals surface area contributed by atoms with Crippen molar-refractivity contribution in [2.75, 3.05) is 33.2 Å². The Morgan fingerprint density at radius 1 is 1.02 bits per heavy atom. The third-order valence-corrected chi connectivity index (χ3v) is 10.0. The Hall–Kier alpha value is -4.05. The summed E-state index contributed by atoms with van der Waals surface area (Å²) in [5.74, 6) is 0.598. The van der Waals surface area contributed by atoms with Crippen molar-refractivity contribution in [1.29, 1.82) is 0 Å². The summed E-state index contributed by atoms with van der Waals surface area (Å²) in [6.07, 6.45) is 7.72. The van der Waals surface area contributed by atoms with E-state index in [1.807, 2.05) is 72.1 Å². The molecule has 3 amide bonds. The first-order chi connectivity index (χ1) is 21.3. The zero-order valence-electron chi connectivity index (χ0n) is 25.8. The molecule has 2 aromatic carbocycles. The summed E-state index contributed by atoms with van der Waals surface area (Å²) in [6, 6.07) is 14.8. The maximum absolute atomic E-state index is 14.1. The van der Waals surface area contributed by atoms with Crippen molar-refractivity contribution >= 4 is 33.9 Å². The number of carbonyl (C=O) groups excluding carboxylic acids is 2. The summed E-state index contributed by atoms with van der Waals surface area (Å²) in [7, 11) is 1.86. The fraction of sp³-hybridized carbons (Fsp3) is 0.500. The molecule has 3 heterocycles. The predicted octanol–water partition coefficient (Wildman–Crippen LogP) is 4.55. The number of para-hydroxylation sites is 3. The number of urea groups is 1. The summed E-state index contributed by atoms with van der Waals surface area (Å²) < 4.78 is 1.82. The average molecular weight is 600 g/mol. The van der Waals surface area contributed by atoms with E-state index in [4.69, 9.17) is 5.73 Å². The van der Waals surface area contributed by atoms with E-state index in [0.717, 1.165) is 53.2 Å². The molecule has 0 spiro atoms. The average Bonchev–Trinajstić information content (AvgIpc) is 3.63. The van der Waals surface area contributed by atoms with Crippen LogP contribution in [-0.4, -0.2) is 75.5 Å². The number of nitrogens with two attached hydrogens (primary N) is 1. The Balaban J connectivity index is 1.18. The van der Waals surface area contributed by atoms with E-state index in [0.29, 0.717) is 50.9 Å². The number of piperidine rings is 1. The number of nitrogens with zero attached hydrogens (tertiary/aromatic N) is 3. The van der Waals surface area contributed by atoms with Crippen molar-refractivity contribution < 1.29 is 9.59 Å². The number of amides is 3. The van der Waals surface area contributed by atoms with Crippen molar-refractivity contribution in [1.82, 2.24) is 29.7 Å². The Bertz CT molecular complexity index is 1660. The first-order valence-corrected chi connectivity index (χ1v) is 16.1. The number of hydrogen-bond acceptors (Lipinski definition) is 4. The number of fused-ring (bicyclic) bond motifs is 2. The number of likely N-dealkylation sites (tertiary alicyclic amines) is 1. The fourth-order valence-electron chi connectivity index (χ4n) is 7.54. The molecule has 4 aromatic rings. The molecule has 234 valence electrons. The second kappa shape index (κ2) is 12.9. The van der Waals surface area contributed by atoms with Crippen LogP contribution in [0.25, 0.3) is 21.9 Å². The minimum atomic E-state index is -0.727. The maximum atomic E-state index is 14.1. The minimum Gasteiger partial charge on any atom is -0.361 e. The number of H-pyrrole nitrogens is 2. The highest BCUT2D eigenvalue weighted by atomic mass is 16.2. The van der Waals surface area contributed by atoms with Crippen LogP contribution in [-0.2, 0) is 4.79 Å². The topological polar surface area (TPSA) is 132 Å². The Morgan fingerprint density at radius 2 is 1.73 bits per heavy atom. The molecule has 2 fully saturated rings. The number of benzene rings is 2.